The van der Waals surface area contributed by atoms with Crippen molar-refractivity contribution in [2.24, 2.45) is 23.7 Å². The number of benzene rings is 7. The van der Waals surface area contributed by atoms with Crippen LogP contribution >= 0.6 is 0 Å². The van der Waals surface area contributed by atoms with E-state index in [2.05, 4.69) is 178 Å². The quantitative estimate of drug-likeness (QED) is 0.178. The minimum Gasteiger partial charge on any atom is -0.456 e. The van der Waals surface area contributed by atoms with Gasteiger partial charge in [0.25, 0.3) is 0 Å². The number of anilines is 3. The van der Waals surface area contributed by atoms with E-state index in [1.54, 1.807) is 11.1 Å². The highest BCUT2D eigenvalue weighted by Gasteiger charge is 2.56. The lowest BCUT2D eigenvalue weighted by Crippen LogP contribution is -2.49. The van der Waals surface area contributed by atoms with Crippen molar-refractivity contribution in [3.63, 3.8) is 0 Å². The number of para-hydroxylation sites is 1. The van der Waals surface area contributed by atoms with Gasteiger partial charge in [0.05, 0.1) is 0 Å². The molecule has 7 aromatic carbocycles. The Morgan fingerprint density at radius 2 is 1.12 bits per heavy atom. The molecule has 1 heterocycles. The lowest BCUT2D eigenvalue weighted by Gasteiger charge is -2.54. The maximum atomic E-state index is 6.45. The summed E-state index contributed by atoms with van der Waals surface area (Å²) in [7, 11) is 0. The van der Waals surface area contributed by atoms with Gasteiger partial charge >= 0.3 is 0 Å². The monoisotopic (exact) mass is 751 g/mol. The average molecular weight is 752 g/mol. The van der Waals surface area contributed by atoms with Gasteiger partial charge in [-0.25, -0.2) is 0 Å². The van der Waals surface area contributed by atoms with Crippen LogP contribution in [0.2, 0.25) is 0 Å². The first-order chi connectivity index (χ1) is 28.3. The summed E-state index contributed by atoms with van der Waals surface area (Å²) in [4.78, 5) is 2.40. The van der Waals surface area contributed by atoms with Crippen molar-refractivity contribution in [3.8, 4) is 33.4 Å². The van der Waals surface area contributed by atoms with E-state index in [4.69, 9.17) is 4.42 Å². The number of fused-ring (bicyclic) bond motifs is 14. The third-order valence-corrected chi connectivity index (χ3v) is 15.2. The average Bonchev–Trinajstić information content (AvgIpc) is 3.84. The summed E-state index contributed by atoms with van der Waals surface area (Å²) in [6, 6.07) is 57.1. The molecule has 1 aromatic heterocycles. The minimum absolute atomic E-state index is 0.0999. The van der Waals surface area contributed by atoms with Crippen molar-refractivity contribution in [1.29, 1.82) is 0 Å². The number of furan rings is 1. The van der Waals surface area contributed by atoms with Gasteiger partial charge in [-0.15, -0.1) is 0 Å². The van der Waals surface area contributed by atoms with Gasteiger partial charge < -0.3 is 9.32 Å². The van der Waals surface area contributed by atoms with Crippen molar-refractivity contribution < 1.29 is 4.42 Å². The Hall–Kier alpha value is -5.86. The molecule has 284 valence electrons. The van der Waals surface area contributed by atoms with E-state index < -0.39 is 0 Å². The zero-order valence-electron chi connectivity index (χ0n) is 33.9. The fourth-order valence-electron chi connectivity index (χ4n) is 12.8. The Bertz CT molecular complexity index is 2940. The zero-order chi connectivity index (χ0) is 38.9. The Morgan fingerprint density at radius 1 is 0.483 bits per heavy atom. The van der Waals surface area contributed by atoms with E-state index in [1.165, 1.54) is 70.2 Å². The summed E-state index contributed by atoms with van der Waals surface area (Å²) in [5, 5.41) is 2.29. The minimum atomic E-state index is -0.0999. The SMILES string of the molecule is CC1CC2CC(C)C3(c4ccccc4-c4cc(-c5ccc(N(c6ccc7c(c6)C(C)(C)c6ccccc6-7)c6ccc7c(c6)oc6ccccc67)cc5)ccc43)C(C1)C2. The molecule has 2 nitrogen and oxygen atoms in total. The molecule has 0 aliphatic heterocycles. The molecule has 0 saturated heterocycles. The van der Waals surface area contributed by atoms with E-state index >= 15 is 0 Å². The van der Waals surface area contributed by atoms with Crippen LogP contribution in [0, 0.1) is 23.7 Å². The maximum absolute atomic E-state index is 6.45. The van der Waals surface area contributed by atoms with Crippen LogP contribution in [0.25, 0.3) is 55.3 Å². The second kappa shape index (κ2) is 12.3. The Morgan fingerprint density at radius 3 is 1.97 bits per heavy atom. The van der Waals surface area contributed by atoms with Crippen molar-refractivity contribution in [2.45, 2.75) is 64.2 Å². The van der Waals surface area contributed by atoms with Gasteiger partial charge in [0.1, 0.15) is 11.2 Å². The number of hydrogen-bond donors (Lipinski definition) is 0. The smallest absolute Gasteiger partial charge is 0.137 e. The molecule has 4 aliphatic carbocycles. The molecule has 1 spiro atoms. The molecule has 2 saturated carbocycles. The first kappa shape index (κ1) is 34.2. The van der Waals surface area contributed by atoms with Gasteiger partial charge in [-0.05, 0) is 154 Å². The van der Waals surface area contributed by atoms with Crippen molar-refractivity contribution >= 4 is 39.0 Å². The maximum Gasteiger partial charge on any atom is 0.137 e. The molecule has 0 amide bonds. The van der Waals surface area contributed by atoms with Crippen LogP contribution in [0.15, 0.2) is 156 Å². The van der Waals surface area contributed by atoms with Gasteiger partial charge in [0.2, 0.25) is 0 Å². The van der Waals surface area contributed by atoms with Crippen LogP contribution in [-0.2, 0) is 10.8 Å². The van der Waals surface area contributed by atoms with E-state index in [-0.39, 0.29) is 10.8 Å². The third kappa shape index (κ3) is 4.72. The molecule has 0 N–H and O–H groups in total. The van der Waals surface area contributed by atoms with Crippen molar-refractivity contribution in [3.05, 3.63) is 174 Å². The summed E-state index contributed by atoms with van der Waals surface area (Å²) in [6.45, 7) is 9.78. The van der Waals surface area contributed by atoms with Crippen LogP contribution in [0.3, 0.4) is 0 Å². The standard InChI is InChI=1S/C56H49NO/c1-34-27-36-29-35(2)56(39(28-34)30-36)50-15-9-6-12-44(50)48-31-38(19-26-51(48)56)37-17-20-40(21-18-37)57(42-23-25-47-46-13-7-10-16-53(46)58-54(47)33-42)41-22-24-45-43-11-5-8-14-49(43)55(3,4)52(45)32-41/h5-26,31-36,39H,27-30H2,1-4H3. The summed E-state index contributed by atoms with van der Waals surface area (Å²) in [6.07, 6.45) is 5.46. The van der Waals surface area contributed by atoms with Crippen LogP contribution in [0.4, 0.5) is 17.1 Å². The van der Waals surface area contributed by atoms with Crippen LogP contribution in [0.1, 0.15) is 75.6 Å². The van der Waals surface area contributed by atoms with Crippen molar-refractivity contribution in [1.82, 2.24) is 0 Å². The lowest BCUT2D eigenvalue weighted by atomic mass is 9.49. The van der Waals surface area contributed by atoms with Crippen molar-refractivity contribution in [2.75, 3.05) is 4.90 Å². The van der Waals surface area contributed by atoms with Gasteiger partial charge in [0.15, 0.2) is 0 Å². The predicted octanol–water partition coefficient (Wildman–Crippen LogP) is 15.4. The Balaban J connectivity index is 0.966. The normalized spacial score (nSPS) is 23.4. The van der Waals surface area contributed by atoms with E-state index in [0.29, 0.717) is 11.8 Å². The van der Waals surface area contributed by atoms with Gasteiger partial charge in [0, 0.05) is 44.7 Å². The van der Waals surface area contributed by atoms with Gasteiger partial charge in [-0.2, -0.15) is 0 Å². The predicted molar refractivity (Wildman–Crippen MR) is 241 cm³/mol. The highest BCUT2D eigenvalue weighted by molar-refractivity contribution is 6.06. The molecule has 2 heteroatoms. The summed E-state index contributed by atoms with van der Waals surface area (Å²) in [5.74, 6) is 3.03. The molecular formula is C56H49NO. The second-order valence-electron chi connectivity index (χ2n) is 18.7. The molecule has 12 rings (SSSR count). The Labute approximate surface area is 342 Å². The largest absolute Gasteiger partial charge is 0.456 e. The lowest BCUT2D eigenvalue weighted by molar-refractivity contribution is 0.0426. The number of hydrogen-bond acceptors (Lipinski definition) is 2. The van der Waals surface area contributed by atoms with Crippen LogP contribution in [0.5, 0.6) is 0 Å². The molecule has 2 bridgehead atoms. The molecule has 2 fully saturated rings. The summed E-state index contributed by atoms with van der Waals surface area (Å²) >= 11 is 0. The summed E-state index contributed by atoms with van der Waals surface area (Å²) in [5.41, 5.74) is 19.2. The highest BCUT2D eigenvalue weighted by Crippen LogP contribution is 2.64. The number of nitrogens with zero attached hydrogens (tertiary/aromatic N) is 1. The highest BCUT2D eigenvalue weighted by atomic mass is 16.3. The number of rotatable bonds is 4. The topological polar surface area (TPSA) is 16.4 Å². The molecule has 5 atom stereocenters. The fraction of sp³-hybridized carbons (Fsp3) is 0.250. The van der Waals surface area contributed by atoms with E-state index in [1.807, 2.05) is 6.07 Å². The fourth-order valence-corrected chi connectivity index (χ4v) is 12.8. The molecule has 8 aromatic rings. The van der Waals surface area contributed by atoms with E-state index in [0.717, 1.165) is 50.8 Å². The second-order valence-corrected chi connectivity index (χ2v) is 18.7. The first-order valence-electron chi connectivity index (χ1n) is 21.6. The molecule has 4 aliphatic rings. The molecule has 5 unspecified atom stereocenters. The van der Waals surface area contributed by atoms with Crippen LogP contribution in [-0.4, -0.2) is 0 Å². The van der Waals surface area contributed by atoms with Crippen LogP contribution < -0.4 is 4.90 Å². The molecule has 0 radical (unpaired) electrons. The first-order valence-corrected chi connectivity index (χ1v) is 21.6. The van der Waals surface area contributed by atoms with E-state index in [9.17, 15) is 0 Å². The summed E-state index contributed by atoms with van der Waals surface area (Å²) < 4.78 is 6.45. The Kier molecular flexibility index (Phi) is 7.27. The van der Waals surface area contributed by atoms with Gasteiger partial charge in [-0.3, -0.25) is 0 Å². The third-order valence-electron chi connectivity index (χ3n) is 15.2. The zero-order valence-corrected chi connectivity index (χ0v) is 33.9. The molecule has 58 heavy (non-hydrogen) atoms. The molecular weight excluding hydrogens is 703 g/mol. The van der Waals surface area contributed by atoms with Gasteiger partial charge in [-0.1, -0.05) is 125 Å².